The molecule has 1 N–H and O–H groups in total. The summed E-state index contributed by atoms with van der Waals surface area (Å²) < 4.78 is 18.7. The third-order valence-electron chi connectivity index (χ3n) is 2.87. The van der Waals surface area contributed by atoms with E-state index in [1.165, 1.54) is 13.3 Å². The van der Waals surface area contributed by atoms with Crippen LogP contribution in [0.25, 0.3) is 0 Å². The number of methoxy groups -OCH3 is 1. The molecule has 0 radical (unpaired) electrons. The third kappa shape index (κ3) is 3.54. The Balaban J connectivity index is 2.07. The van der Waals surface area contributed by atoms with Crippen molar-refractivity contribution in [3.63, 3.8) is 0 Å². The van der Waals surface area contributed by atoms with Crippen molar-refractivity contribution in [2.24, 2.45) is 0 Å². The molecular formula is C14H12FN3O4. The molecule has 0 saturated carbocycles. The van der Waals surface area contributed by atoms with Gasteiger partial charge in [0, 0.05) is 24.9 Å². The van der Waals surface area contributed by atoms with E-state index in [9.17, 15) is 19.3 Å². The molecule has 0 unspecified atom stereocenters. The first kappa shape index (κ1) is 15.4. The number of non-ortho nitro benzene ring substituents is 1. The Morgan fingerprint density at radius 2 is 2.18 bits per heavy atom. The standard InChI is InChI=1S/C14H12FN3O4/c1-22-13-6-9(4-5-16-13)8-17-14(19)11-3-2-10(18(20)21)7-12(11)15/h2-7H,8H2,1H3,(H,17,19). The first-order valence-corrected chi connectivity index (χ1v) is 6.22. The van der Waals surface area contributed by atoms with Gasteiger partial charge in [-0.15, -0.1) is 0 Å². The number of carbonyl (C=O) groups is 1. The fourth-order valence-electron chi connectivity index (χ4n) is 1.75. The average Bonchev–Trinajstić information content (AvgIpc) is 2.52. The summed E-state index contributed by atoms with van der Waals surface area (Å²) in [4.78, 5) is 25.6. The van der Waals surface area contributed by atoms with Crippen molar-refractivity contribution in [2.75, 3.05) is 7.11 Å². The van der Waals surface area contributed by atoms with Gasteiger partial charge in [-0.1, -0.05) is 0 Å². The Bertz CT molecular complexity index is 721. The Morgan fingerprint density at radius 3 is 2.82 bits per heavy atom. The lowest BCUT2D eigenvalue weighted by atomic mass is 10.1. The van der Waals surface area contributed by atoms with E-state index < -0.39 is 22.3 Å². The minimum atomic E-state index is -0.945. The van der Waals surface area contributed by atoms with Crippen molar-refractivity contribution in [3.8, 4) is 5.88 Å². The number of hydrogen-bond donors (Lipinski definition) is 1. The van der Waals surface area contributed by atoms with Gasteiger partial charge in [0.25, 0.3) is 11.6 Å². The lowest BCUT2D eigenvalue weighted by Gasteiger charge is -2.07. The number of amides is 1. The van der Waals surface area contributed by atoms with Gasteiger partial charge in [0.15, 0.2) is 0 Å². The van der Waals surface area contributed by atoms with Crippen LogP contribution in [0.4, 0.5) is 10.1 Å². The van der Waals surface area contributed by atoms with E-state index in [1.54, 1.807) is 12.1 Å². The van der Waals surface area contributed by atoms with Gasteiger partial charge in [-0.2, -0.15) is 0 Å². The topological polar surface area (TPSA) is 94.4 Å². The summed E-state index contributed by atoms with van der Waals surface area (Å²) in [7, 11) is 1.47. The van der Waals surface area contributed by atoms with Crippen molar-refractivity contribution in [3.05, 3.63) is 63.6 Å². The number of rotatable bonds is 5. The van der Waals surface area contributed by atoms with Crippen molar-refractivity contribution >= 4 is 11.6 Å². The van der Waals surface area contributed by atoms with Crippen LogP contribution in [0.5, 0.6) is 5.88 Å². The summed E-state index contributed by atoms with van der Waals surface area (Å²) in [5, 5.41) is 13.0. The summed E-state index contributed by atoms with van der Waals surface area (Å²) in [6, 6.07) is 6.18. The molecule has 7 nitrogen and oxygen atoms in total. The van der Waals surface area contributed by atoms with Gasteiger partial charge in [-0.05, 0) is 17.7 Å². The molecular weight excluding hydrogens is 293 g/mol. The van der Waals surface area contributed by atoms with E-state index in [0.717, 1.165) is 17.7 Å². The molecule has 1 aromatic carbocycles. The number of nitrogens with zero attached hydrogens (tertiary/aromatic N) is 2. The molecule has 1 aromatic heterocycles. The number of ether oxygens (including phenoxy) is 1. The van der Waals surface area contributed by atoms with E-state index in [1.807, 2.05) is 0 Å². The molecule has 114 valence electrons. The van der Waals surface area contributed by atoms with Gasteiger partial charge in [-0.3, -0.25) is 14.9 Å². The van der Waals surface area contributed by atoms with Gasteiger partial charge in [0.1, 0.15) is 5.82 Å². The Hall–Kier alpha value is -3.03. The second kappa shape index (κ2) is 6.61. The monoisotopic (exact) mass is 305 g/mol. The third-order valence-corrected chi connectivity index (χ3v) is 2.87. The Morgan fingerprint density at radius 1 is 1.41 bits per heavy atom. The summed E-state index contributed by atoms with van der Waals surface area (Å²) in [5.41, 5.74) is 0.0575. The lowest BCUT2D eigenvalue weighted by Crippen LogP contribution is -2.23. The number of aromatic nitrogens is 1. The fraction of sp³-hybridized carbons (Fsp3) is 0.143. The molecule has 22 heavy (non-hydrogen) atoms. The van der Waals surface area contributed by atoms with Crippen LogP contribution in [0, 0.1) is 15.9 Å². The molecule has 2 aromatic rings. The molecule has 0 aliphatic carbocycles. The molecule has 0 atom stereocenters. The molecule has 0 aliphatic heterocycles. The highest BCUT2D eigenvalue weighted by atomic mass is 19.1. The van der Waals surface area contributed by atoms with E-state index >= 15 is 0 Å². The number of nitro benzene ring substituents is 1. The highest BCUT2D eigenvalue weighted by Gasteiger charge is 2.16. The SMILES string of the molecule is COc1cc(CNC(=O)c2ccc([N+](=O)[O-])cc2F)ccn1. The smallest absolute Gasteiger partial charge is 0.272 e. The number of pyridine rings is 1. The molecule has 1 heterocycles. The van der Waals surface area contributed by atoms with Crippen molar-refractivity contribution < 1.29 is 18.8 Å². The van der Waals surface area contributed by atoms with Crippen LogP contribution in [-0.2, 0) is 6.54 Å². The van der Waals surface area contributed by atoms with Gasteiger partial charge >= 0.3 is 0 Å². The molecule has 0 spiro atoms. The van der Waals surface area contributed by atoms with Crippen molar-refractivity contribution in [1.82, 2.24) is 10.3 Å². The van der Waals surface area contributed by atoms with Gasteiger partial charge in [0.2, 0.25) is 5.88 Å². The normalized spacial score (nSPS) is 10.1. The minimum Gasteiger partial charge on any atom is -0.481 e. The molecule has 8 heteroatoms. The number of nitro groups is 1. The zero-order chi connectivity index (χ0) is 16.1. The number of carbonyl (C=O) groups excluding carboxylic acids is 1. The molecule has 0 aliphatic rings. The van der Waals surface area contributed by atoms with Crippen LogP contribution < -0.4 is 10.1 Å². The highest BCUT2D eigenvalue weighted by molar-refractivity contribution is 5.94. The summed E-state index contributed by atoms with van der Waals surface area (Å²) in [5.74, 6) is -1.21. The molecule has 0 saturated heterocycles. The highest BCUT2D eigenvalue weighted by Crippen LogP contribution is 2.16. The van der Waals surface area contributed by atoms with Crippen LogP contribution in [0.1, 0.15) is 15.9 Å². The Labute approximate surface area is 124 Å². The zero-order valence-electron chi connectivity index (χ0n) is 11.6. The maximum Gasteiger partial charge on any atom is 0.272 e. The van der Waals surface area contributed by atoms with Crippen LogP contribution in [-0.4, -0.2) is 22.9 Å². The largest absolute Gasteiger partial charge is 0.481 e. The average molecular weight is 305 g/mol. The Kier molecular flexibility index (Phi) is 4.62. The van der Waals surface area contributed by atoms with Gasteiger partial charge < -0.3 is 10.1 Å². The predicted octanol–water partition coefficient (Wildman–Crippen LogP) is 2.07. The summed E-state index contributed by atoms with van der Waals surface area (Å²) >= 11 is 0. The number of nitrogens with one attached hydrogen (secondary N) is 1. The minimum absolute atomic E-state index is 0.147. The molecule has 0 bridgehead atoms. The molecule has 0 fully saturated rings. The second-order valence-corrected chi connectivity index (χ2v) is 4.31. The van der Waals surface area contributed by atoms with Crippen LogP contribution in [0.2, 0.25) is 0 Å². The predicted molar refractivity (Wildman–Crippen MR) is 75.0 cm³/mol. The quantitative estimate of drug-likeness (QED) is 0.674. The lowest BCUT2D eigenvalue weighted by molar-refractivity contribution is -0.385. The van der Waals surface area contributed by atoms with Crippen molar-refractivity contribution in [1.29, 1.82) is 0 Å². The van der Waals surface area contributed by atoms with E-state index in [0.29, 0.717) is 11.9 Å². The van der Waals surface area contributed by atoms with E-state index in [4.69, 9.17) is 4.74 Å². The van der Waals surface area contributed by atoms with Crippen LogP contribution in [0.3, 0.4) is 0 Å². The first-order chi connectivity index (χ1) is 10.5. The first-order valence-electron chi connectivity index (χ1n) is 6.22. The van der Waals surface area contributed by atoms with E-state index in [-0.39, 0.29) is 12.1 Å². The summed E-state index contributed by atoms with van der Waals surface area (Å²) in [6.07, 6.45) is 1.52. The molecule has 1 amide bonds. The van der Waals surface area contributed by atoms with Crippen molar-refractivity contribution in [2.45, 2.75) is 6.54 Å². The fourth-order valence-corrected chi connectivity index (χ4v) is 1.75. The number of halogens is 1. The molecule has 2 rings (SSSR count). The van der Waals surface area contributed by atoms with Crippen LogP contribution in [0.15, 0.2) is 36.5 Å². The summed E-state index contributed by atoms with van der Waals surface area (Å²) in [6.45, 7) is 0.147. The van der Waals surface area contributed by atoms with Gasteiger partial charge in [0.05, 0.1) is 23.7 Å². The maximum absolute atomic E-state index is 13.7. The number of benzene rings is 1. The maximum atomic E-state index is 13.7. The van der Waals surface area contributed by atoms with Crippen LogP contribution >= 0.6 is 0 Å². The zero-order valence-corrected chi connectivity index (χ0v) is 11.6. The number of hydrogen-bond acceptors (Lipinski definition) is 5. The second-order valence-electron chi connectivity index (χ2n) is 4.31. The van der Waals surface area contributed by atoms with E-state index in [2.05, 4.69) is 10.3 Å². The van der Waals surface area contributed by atoms with Gasteiger partial charge in [-0.25, -0.2) is 9.37 Å².